The Morgan fingerprint density at radius 2 is 1.71 bits per heavy atom. The van der Waals surface area contributed by atoms with Crippen LogP contribution < -0.4 is 5.32 Å². The molecule has 0 aliphatic heterocycles. The Bertz CT molecular complexity index is 1170. The summed E-state index contributed by atoms with van der Waals surface area (Å²) in [6.45, 7) is 5.86. The number of nitrogens with one attached hydrogen (secondary N) is 1. The van der Waals surface area contributed by atoms with Crippen LogP contribution >= 0.6 is 11.8 Å². The van der Waals surface area contributed by atoms with Gasteiger partial charge in [0.25, 0.3) is 0 Å². The normalized spacial score (nSPS) is 11.8. The van der Waals surface area contributed by atoms with Gasteiger partial charge in [-0.15, -0.1) is 10.2 Å². The van der Waals surface area contributed by atoms with Crippen molar-refractivity contribution in [1.82, 2.24) is 19.7 Å². The number of carbonyl (C=O) groups excluding carboxylic acids is 1. The van der Waals surface area contributed by atoms with E-state index in [1.807, 2.05) is 86.0 Å². The highest BCUT2D eigenvalue weighted by atomic mass is 32.2. The first-order valence-corrected chi connectivity index (χ1v) is 10.9. The maximum Gasteiger partial charge on any atom is 0.237 e. The van der Waals surface area contributed by atoms with Crippen LogP contribution in [0.4, 0.5) is 5.69 Å². The highest BCUT2D eigenvalue weighted by molar-refractivity contribution is 8.00. The van der Waals surface area contributed by atoms with Crippen LogP contribution in [-0.4, -0.2) is 30.9 Å². The average Bonchev–Trinajstić information content (AvgIpc) is 3.21. The molecule has 0 aliphatic carbocycles. The number of benzene rings is 2. The second-order valence-electron chi connectivity index (χ2n) is 7.23. The Kier molecular flexibility index (Phi) is 6.13. The number of rotatable bonds is 6. The van der Waals surface area contributed by atoms with Crippen molar-refractivity contribution in [3.8, 4) is 17.1 Å². The molecule has 0 saturated heterocycles. The molecule has 2 aromatic heterocycles. The van der Waals surface area contributed by atoms with Crippen LogP contribution in [0.5, 0.6) is 0 Å². The van der Waals surface area contributed by atoms with Crippen molar-refractivity contribution in [3.63, 3.8) is 0 Å². The van der Waals surface area contributed by atoms with E-state index in [9.17, 15) is 4.79 Å². The summed E-state index contributed by atoms with van der Waals surface area (Å²) in [4.78, 5) is 17.2. The molecule has 0 unspecified atom stereocenters. The van der Waals surface area contributed by atoms with E-state index >= 15 is 0 Å². The quantitative estimate of drug-likeness (QED) is 0.434. The number of aromatic nitrogens is 4. The van der Waals surface area contributed by atoms with Gasteiger partial charge in [0.2, 0.25) is 5.91 Å². The Morgan fingerprint density at radius 3 is 2.39 bits per heavy atom. The summed E-state index contributed by atoms with van der Waals surface area (Å²) in [5.74, 6) is 0.608. The van der Waals surface area contributed by atoms with E-state index in [1.165, 1.54) is 11.8 Å². The van der Waals surface area contributed by atoms with Crippen molar-refractivity contribution in [1.29, 1.82) is 0 Å². The highest BCUT2D eigenvalue weighted by Gasteiger charge is 2.22. The third-order valence-electron chi connectivity index (χ3n) is 4.95. The maximum atomic E-state index is 12.9. The number of carbonyl (C=O) groups is 1. The highest BCUT2D eigenvalue weighted by Crippen LogP contribution is 2.30. The largest absolute Gasteiger partial charge is 0.325 e. The molecule has 1 amide bonds. The monoisotopic (exact) mass is 429 g/mol. The molecular weight excluding hydrogens is 406 g/mol. The number of anilines is 1. The van der Waals surface area contributed by atoms with Gasteiger partial charge in [0, 0.05) is 29.3 Å². The van der Waals surface area contributed by atoms with Gasteiger partial charge in [0.15, 0.2) is 11.0 Å². The van der Waals surface area contributed by atoms with Crippen LogP contribution in [0.15, 0.2) is 78.2 Å². The van der Waals surface area contributed by atoms with E-state index < -0.39 is 0 Å². The third-order valence-corrected chi connectivity index (χ3v) is 5.99. The van der Waals surface area contributed by atoms with Crippen LogP contribution in [0.2, 0.25) is 0 Å². The lowest BCUT2D eigenvalue weighted by Crippen LogP contribution is -2.23. The van der Waals surface area contributed by atoms with Crippen molar-refractivity contribution in [2.24, 2.45) is 0 Å². The number of hydrogen-bond donors (Lipinski definition) is 1. The summed E-state index contributed by atoms with van der Waals surface area (Å²) in [5, 5.41) is 12.2. The number of pyridine rings is 1. The predicted octanol–water partition coefficient (Wildman–Crippen LogP) is 5.07. The zero-order valence-corrected chi connectivity index (χ0v) is 18.4. The summed E-state index contributed by atoms with van der Waals surface area (Å²) < 4.78 is 1.96. The van der Waals surface area contributed by atoms with Crippen LogP contribution in [-0.2, 0) is 4.79 Å². The Labute approximate surface area is 185 Å². The first kappa shape index (κ1) is 20.8. The molecule has 4 rings (SSSR count). The van der Waals surface area contributed by atoms with Gasteiger partial charge >= 0.3 is 0 Å². The van der Waals surface area contributed by atoms with Gasteiger partial charge in [-0.1, -0.05) is 48.2 Å². The summed E-state index contributed by atoms with van der Waals surface area (Å²) in [5.41, 5.74) is 4.73. The van der Waals surface area contributed by atoms with E-state index in [2.05, 4.69) is 20.5 Å². The third kappa shape index (κ3) is 4.51. The van der Waals surface area contributed by atoms with E-state index in [-0.39, 0.29) is 11.2 Å². The molecule has 4 aromatic rings. The summed E-state index contributed by atoms with van der Waals surface area (Å²) in [6, 6.07) is 19.7. The smallest absolute Gasteiger partial charge is 0.237 e. The Morgan fingerprint density at radius 1 is 0.968 bits per heavy atom. The first-order valence-electron chi connectivity index (χ1n) is 9.99. The zero-order chi connectivity index (χ0) is 21.8. The fourth-order valence-electron chi connectivity index (χ4n) is 3.29. The second-order valence-corrected chi connectivity index (χ2v) is 8.54. The van der Waals surface area contributed by atoms with Crippen molar-refractivity contribution in [2.45, 2.75) is 31.2 Å². The van der Waals surface area contributed by atoms with E-state index in [4.69, 9.17) is 0 Å². The van der Waals surface area contributed by atoms with Crippen molar-refractivity contribution in [3.05, 3.63) is 84.2 Å². The number of aryl methyl sites for hydroxylation is 2. The van der Waals surface area contributed by atoms with Gasteiger partial charge in [0.1, 0.15) is 0 Å². The Balaban J connectivity index is 1.64. The van der Waals surface area contributed by atoms with Gasteiger partial charge in [-0.2, -0.15) is 0 Å². The predicted molar refractivity (Wildman–Crippen MR) is 124 cm³/mol. The molecule has 7 heteroatoms. The standard InChI is InChI=1S/C24H23N5OS/c1-16-9-7-10-17(2)21(16)26-23(30)18(3)31-24-28-27-22(19-11-8-14-25-15-19)29(24)20-12-5-4-6-13-20/h4-15,18H,1-3H3,(H,26,30)/t18-/m1/s1. The average molecular weight is 430 g/mol. The number of hydrogen-bond acceptors (Lipinski definition) is 5. The molecule has 0 radical (unpaired) electrons. The number of para-hydroxylation sites is 2. The zero-order valence-electron chi connectivity index (χ0n) is 17.6. The molecule has 0 bridgehead atoms. The second kappa shape index (κ2) is 9.14. The van der Waals surface area contributed by atoms with E-state index in [0.717, 1.165) is 28.1 Å². The molecule has 0 spiro atoms. The van der Waals surface area contributed by atoms with Gasteiger partial charge < -0.3 is 5.32 Å². The minimum Gasteiger partial charge on any atom is -0.325 e. The SMILES string of the molecule is Cc1cccc(C)c1NC(=O)[C@@H](C)Sc1nnc(-c2cccnc2)n1-c1ccccc1. The molecule has 0 fully saturated rings. The topological polar surface area (TPSA) is 72.7 Å². The van der Waals surface area contributed by atoms with Crippen molar-refractivity contribution < 1.29 is 4.79 Å². The lowest BCUT2D eigenvalue weighted by atomic mass is 10.1. The number of thioether (sulfide) groups is 1. The molecule has 2 heterocycles. The van der Waals surface area contributed by atoms with Gasteiger partial charge in [0.05, 0.1) is 5.25 Å². The lowest BCUT2D eigenvalue weighted by molar-refractivity contribution is -0.115. The van der Waals surface area contributed by atoms with E-state index in [1.54, 1.807) is 12.4 Å². The van der Waals surface area contributed by atoms with Crippen molar-refractivity contribution >= 4 is 23.4 Å². The molecule has 1 N–H and O–H groups in total. The van der Waals surface area contributed by atoms with Gasteiger partial charge in [-0.25, -0.2) is 0 Å². The summed E-state index contributed by atoms with van der Waals surface area (Å²) >= 11 is 1.38. The molecule has 2 aromatic carbocycles. The molecule has 1 atom stereocenters. The van der Waals surface area contributed by atoms with Gasteiger partial charge in [-0.3, -0.25) is 14.3 Å². The fraction of sp³-hybridized carbons (Fsp3) is 0.167. The summed E-state index contributed by atoms with van der Waals surface area (Å²) in [7, 11) is 0. The molecule has 0 aliphatic rings. The molecule has 0 saturated carbocycles. The van der Waals surface area contributed by atoms with Crippen LogP contribution in [0.25, 0.3) is 17.1 Å². The van der Waals surface area contributed by atoms with Crippen LogP contribution in [0.3, 0.4) is 0 Å². The molecule has 31 heavy (non-hydrogen) atoms. The van der Waals surface area contributed by atoms with Crippen LogP contribution in [0.1, 0.15) is 18.1 Å². The van der Waals surface area contributed by atoms with Crippen LogP contribution in [0, 0.1) is 13.8 Å². The number of amides is 1. The minimum atomic E-state index is -0.368. The maximum absolute atomic E-state index is 12.9. The van der Waals surface area contributed by atoms with Gasteiger partial charge in [-0.05, 0) is 56.2 Å². The molecular formula is C24H23N5OS. The number of nitrogens with zero attached hydrogens (tertiary/aromatic N) is 4. The fourth-order valence-corrected chi connectivity index (χ4v) is 4.15. The minimum absolute atomic E-state index is 0.0760. The van der Waals surface area contributed by atoms with Crippen molar-refractivity contribution in [2.75, 3.05) is 5.32 Å². The molecule has 156 valence electrons. The first-order chi connectivity index (χ1) is 15.0. The molecule has 6 nitrogen and oxygen atoms in total. The van der Waals surface area contributed by atoms with E-state index in [0.29, 0.717) is 11.0 Å². The Hall–Kier alpha value is -3.45. The summed E-state index contributed by atoms with van der Waals surface area (Å²) in [6.07, 6.45) is 3.48. The lowest BCUT2D eigenvalue weighted by Gasteiger charge is -2.16.